The van der Waals surface area contributed by atoms with Crippen molar-refractivity contribution in [3.05, 3.63) is 29.6 Å². The molecule has 25 heavy (non-hydrogen) atoms. The van der Waals surface area contributed by atoms with Crippen LogP contribution in [0, 0.1) is 5.82 Å². The molecule has 0 saturated carbocycles. The molecule has 1 heterocycles. The maximum absolute atomic E-state index is 13.8. The molecular weight excluding hydrogens is 326 g/mol. The summed E-state index contributed by atoms with van der Waals surface area (Å²) in [6.07, 6.45) is 0.0689. The fraction of sp³-hybridized carbons (Fsp3) is 0.611. The highest BCUT2D eigenvalue weighted by molar-refractivity contribution is 6.48. The number of ether oxygens (including phenoxy) is 2. The minimum absolute atomic E-state index is 0.0689. The van der Waals surface area contributed by atoms with Crippen LogP contribution in [-0.2, 0) is 18.8 Å². The van der Waals surface area contributed by atoms with Crippen LogP contribution in [-0.4, -0.2) is 38.0 Å². The zero-order valence-corrected chi connectivity index (χ0v) is 15.7. The van der Waals surface area contributed by atoms with Gasteiger partial charge in [0.2, 0.25) is 0 Å². The van der Waals surface area contributed by atoms with Gasteiger partial charge in [0.05, 0.1) is 31.3 Å². The van der Waals surface area contributed by atoms with E-state index in [4.69, 9.17) is 18.8 Å². The Morgan fingerprint density at radius 2 is 1.84 bits per heavy atom. The third kappa shape index (κ3) is 4.15. The van der Waals surface area contributed by atoms with Crippen molar-refractivity contribution in [3.63, 3.8) is 0 Å². The lowest BCUT2D eigenvalue weighted by molar-refractivity contribution is -0.143. The number of esters is 1. The summed E-state index contributed by atoms with van der Waals surface area (Å²) in [4.78, 5) is 12.1. The number of methoxy groups -OCH3 is 1. The number of halogens is 1. The van der Waals surface area contributed by atoms with E-state index in [1.165, 1.54) is 13.2 Å². The largest absolute Gasteiger partial charge is 0.494 e. The molecule has 0 aliphatic carbocycles. The molecule has 0 amide bonds. The van der Waals surface area contributed by atoms with Crippen molar-refractivity contribution in [3.8, 4) is 5.75 Å². The molecule has 0 bridgehead atoms. The Bertz CT molecular complexity index is 616. The highest BCUT2D eigenvalue weighted by Gasteiger charge is 2.54. The molecule has 0 spiro atoms. The Morgan fingerprint density at radius 1 is 1.24 bits per heavy atom. The van der Waals surface area contributed by atoms with E-state index in [2.05, 4.69) is 0 Å². The lowest BCUT2D eigenvalue weighted by Crippen LogP contribution is -2.41. The third-order valence-electron chi connectivity index (χ3n) is 4.90. The summed E-state index contributed by atoms with van der Waals surface area (Å²) in [6.45, 7) is 9.82. The molecule has 0 N–H and O–H groups in total. The van der Waals surface area contributed by atoms with Crippen LogP contribution in [0.25, 0.3) is 0 Å². The second kappa shape index (κ2) is 7.34. The molecule has 1 aliphatic rings. The van der Waals surface area contributed by atoms with E-state index in [1.807, 2.05) is 27.7 Å². The van der Waals surface area contributed by atoms with Crippen molar-refractivity contribution in [2.24, 2.45) is 0 Å². The van der Waals surface area contributed by atoms with Crippen molar-refractivity contribution in [2.45, 2.75) is 58.1 Å². The van der Waals surface area contributed by atoms with Crippen LogP contribution in [0.1, 0.15) is 52.4 Å². The molecule has 1 aliphatic heterocycles. The van der Waals surface area contributed by atoms with E-state index in [0.29, 0.717) is 12.2 Å². The first-order valence-electron chi connectivity index (χ1n) is 8.46. The van der Waals surface area contributed by atoms with Crippen LogP contribution in [0.4, 0.5) is 4.39 Å². The number of benzene rings is 1. The Balaban J connectivity index is 2.36. The molecule has 5 nitrogen and oxygen atoms in total. The Morgan fingerprint density at radius 3 is 2.36 bits per heavy atom. The molecule has 2 rings (SSSR count). The number of rotatable bonds is 6. The van der Waals surface area contributed by atoms with Crippen molar-refractivity contribution in [1.29, 1.82) is 0 Å². The van der Waals surface area contributed by atoms with Crippen LogP contribution < -0.4 is 4.74 Å². The summed E-state index contributed by atoms with van der Waals surface area (Å²) < 4.78 is 36.1. The maximum atomic E-state index is 13.8. The van der Waals surface area contributed by atoms with E-state index >= 15 is 0 Å². The molecule has 7 heteroatoms. The summed E-state index contributed by atoms with van der Waals surface area (Å²) in [5.74, 6) is -1.14. The van der Waals surface area contributed by atoms with E-state index in [-0.39, 0.29) is 18.1 Å². The van der Waals surface area contributed by atoms with Gasteiger partial charge in [-0.25, -0.2) is 4.39 Å². The van der Waals surface area contributed by atoms with E-state index < -0.39 is 30.0 Å². The van der Waals surface area contributed by atoms with Crippen LogP contribution in [0.3, 0.4) is 0 Å². The zero-order valence-electron chi connectivity index (χ0n) is 15.7. The summed E-state index contributed by atoms with van der Waals surface area (Å²) in [7, 11) is 0.752. The summed E-state index contributed by atoms with van der Waals surface area (Å²) >= 11 is 0. The predicted molar refractivity (Wildman–Crippen MR) is 93.0 cm³/mol. The number of carbonyl (C=O) groups excluding carboxylic acids is 1. The van der Waals surface area contributed by atoms with Gasteiger partial charge in [-0.1, -0.05) is 6.07 Å². The van der Waals surface area contributed by atoms with Gasteiger partial charge in [0, 0.05) is 5.82 Å². The van der Waals surface area contributed by atoms with Crippen molar-refractivity contribution < 1.29 is 28.0 Å². The molecule has 0 radical (unpaired) electrons. The van der Waals surface area contributed by atoms with E-state index in [9.17, 15) is 9.18 Å². The lowest BCUT2D eigenvalue weighted by Gasteiger charge is -2.32. The van der Waals surface area contributed by atoms with E-state index in [1.54, 1.807) is 19.1 Å². The normalized spacial score (nSPS) is 19.6. The Hall–Kier alpha value is -1.60. The fourth-order valence-electron chi connectivity index (χ4n) is 2.73. The first-order chi connectivity index (χ1) is 11.6. The highest BCUT2D eigenvalue weighted by atomic mass is 19.1. The van der Waals surface area contributed by atoms with Gasteiger partial charge in [0.1, 0.15) is 0 Å². The molecule has 1 aromatic carbocycles. The number of carbonyl (C=O) groups is 1. The van der Waals surface area contributed by atoms with Gasteiger partial charge in [-0.15, -0.1) is 0 Å². The molecule has 1 aromatic rings. The second-order valence-corrected chi connectivity index (χ2v) is 7.13. The molecule has 1 fully saturated rings. The fourth-order valence-corrected chi connectivity index (χ4v) is 2.73. The standard InChI is InChI=1S/C18H26BFO5/c1-7-23-16(21)11-13(12-8-9-14(20)15(10-12)22-6)19-24-17(2,3)18(4,5)25-19/h8-10,13H,7,11H2,1-6H3. The Labute approximate surface area is 148 Å². The topological polar surface area (TPSA) is 54.0 Å². The summed E-state index contributed by atoms with van der Waals surface area (Å²) in [5, 5.41) is 0. The first kappa shape index (κ1) is 19.7. The van der Waals surface area contributed by atoms with Gasteiger partial charge in [-0.05, 0) is 52.3 Å². The Kier molecular flexibility index (Phi) is 5.79. The lowest BCUT2D eigenvalue weighted by atomic mass is 9.66. The van der Waals surface area contributed by atoms with Crippen molar-refractivity contribution >= 4 is 13.1 Å². The van der Waals surface area contributed by atoms with Crippen LogP contribution in [0.5, 0.6) is 5.75 Å². The zero-order chi connectivity index (χ0) is 18.8. The molecule has 0 aromatic heterocycles. The minimum Gasteiger partial charge on any atom is -0.494 e. The molecule has 1 unspecified atom stereocenters. The van der Waals surface area contributed by atoms with Crippen LogP contribution >= 0.6 is 0 Å². The van der Waals surface area contributed by atoms with Gasteiger partial charge in [0.25, 0.3) is 0 Å². The molecular formula is C18H26BFO5. The van der Waals surface area contributed by atoms with E-state index in [0.717, 1.165) is 0 Å². The second-order valence-electron chi connectivity index (χ2n) is 7.13. The van der Waals surface area contributed by atoms with Gasteiger partial charge in [-0.3, -0.25) is 4.79 Å². The van der Waals surface area contributed by atoms with Crippen LogP contribution in [0.15, 0.2) is 18.2 Å². The van der Waals surface area contributed by atoms with Gasteiger partial charge < -0.3 is 18.8 Å². The first-order valence-corrected chi connectivity index (χ1v) is 8.46. The third-order valence-corrected chi connectivity index (χ3v) is 4.90. The minimum atomic E-state index is -0.649. The maximum Gasteiger partial charge on any atom is 0.466 e. The average molecular weight is 352 g/mol. The monoisotopic (exact) mass is 352 g/mol. The molecule has 138 valence electrons. The molecule has 1 saturated heterocycles. The number of hydrogen-bond acceptors (Lipinski definition) is 5. The molecule has 1 atom stereocenters. The van der Waals surface area contributed by atoms with Gasteiger partial charge >= 0.3 is 13.1 Å². The highest BCUT2D eigenvalue weighted by Crippen LogP contribution is 2.42. The van der Waals surface area contributed by atoms with Gasteiger partial charge in [0.15, 0.2) is 11.6 Å². The summed E-state index contributed by atoms with van der Waals surface area (Å²) in [5.41, 5.74) is -0.367. The number of hydrogen-bond donors (Lipinski definition) is 0. The van der Waals surface area contributed by atoms with Crippen molar-refractivity contribution in [2.75, 3.05) is 13.7 Å². The quantitative estimate of drug-likeness (QED) is 0.579. The summed E-state index contributed by atoms with van der Waals surface area (Å²) in [6, 6.07) is 4.51. The van der Waals surface area contributed by atoms with Gasteiger partial charge in [-0.2, -0.15) is 0 Å². The smallest absolute Gasteiger partial charge is 0.466 e. The van der Waals surface area contributed by atoms with Crippen LogP contribution in [0.2, 0.25) is 0 Å². The van der Waals surface area contributed by atoms with Crippen molar-refractivity contribution in [1.82, 2.24) is 0 Å². The average Bonchev–Trinajstić information content (AvgIpc) is 2.74. The predicted octanol–water partition coefficient (Wildman–Crippen LogP) is 3.50. The SMILES string of the molecule is CCOC(=O)CC(B1OC(C)(C)C(C)(C)O1)c1ccc(F)c(OC)c1.